The highest BCUT2D eigenvalue weighted by molar-refractivity contribution is 5.89. The summed E-state index contributed by atoms with van der Waals surface area (Å²) in [5.41, 5.74) is 6.72. The summed E-state index contributed by atoms with van der Waals surface area (Å²) in [6.07, 6.45) is 0.185. The van der Waals surface area contributed by atoms with Crippen LogP contribution in [0.4, 0.5) is 0 Å². The van der Waals surface area contributed by atoms with Crippen LogP contribution < -0.4 is 10.9 Å². The molecule has 1 amide bonds. The third kappa shape index (κ3) is 4.43. The van der Waals surface area contributed by atoms with Gasteiger partial charge in [-0.15, -0.1) is 0 Å². The normalized spacial score (nSPS) is 12.0. The van der Waals surface area contributed by atoms with Gasteiger partial charge in [-0.3, -0.25) is 9.59 Å². The molecule has 1 heterocycles. The molecule has 2 N–H and O–H groups in total. The average molecular weight is 411 g/mol. The predicted molar refractivity (Wildman–Crippen MR) is 125 cm³/mol. The molecule has 31 heavy (non-hydrogen) atoms. The van der Waals surface area contributed by atoms with E-state index < -0.39 is 0 Å². The Hall–Kier alpha value is -3.66. The second kappa shape index (κ2) is 8.60. The Morgan fingerprint density at radius 2 is 1.68 bits per heavy atom. The first-order chi connectivity index (χ1) is 14.9. The summed E-state index contributed by atoms with van der Waals surface area (Å²) in [5, 5.41) is 4.18. The Bertz CT molecular complexity index is 1310. The number of aromatic amines is 1. The molecule has 0 saturated heterocycles. The van der Waals surface area contributed by atoms with Gasteiger partial charge in [0.15, 0.2) is 0 Å². The second-order valence-electron chi connectivity index (χ2n) is 8.10. The summed E-state index contributed by atoms with van der Waals surface area (Å²) in [6, 6.07) is 23.4. The van der Waals surface area contributed by atoms with E-state index in [-0.39, 0.29) is 23.9 Å². The summed E-state index contributed by atoms with van der Waals surface area (Å²) in [5.74, 6) is -0.0938. The van der Waals surface area contributed by atoms with E-state index in [0.29, 0.717) is 0 Å². The van der Waals surface area contributed by atoms with Gasteiger partial charge < -0.3 is 10.3 Å². The fourth-order valence-corrected chi connectivity index (χ4v) is 4.18. The van der Waals surface area contributed by atoms with Gasteiger partial charge in [-0.1, -0.05) is 72.3 Å². The molecular weight excluding hydrogens is 384 g/mol. The summed E-state index contributed by atoms with van der Waals surface area (Å²) >= 11 is 0. The standard InChI is InChI=1S/C27H26N2O2/c1-17-12-13-23(18(2)14-17)26(20-8-5-4-6-9-20)29-25(31)16-21-10-7-11-22-19(3)15-24(30)28-27(21)22/h4-15,26H,16H2,1-3H3,(H,28,30)(H,29,31). The predicted octanol–water partition coefficient (Wildman–Crippen LogP) is 4.90. The van der Waals surface area contributed by atoms with Gasteiger partial charge in [-0.25, -0.2) is 0 Å². The first-order valence-corrected chi connectivity index (χ1v) is 10.5. The van der Waals surface area contributed by atoms with Crippen LogP contribution in [0.2, 0.25) is 0 Å². The van der Waals surface area contributed by atoms with Gasteiger partial charge >= 0.3 is 0 Å². The highest BCUT2D eigenvalue weighted by atomic mass is 16.1. The van der Waals surface area contributed by atoms with E-state index in [9.17, 15) is 9.59 Å². The number of para-hydroxylation sites is 1. The topological polar surface area (TPSA) is 62.0 Å². The maximum absolute atomic E-state index is 13.2. The van der Waals surface area contributed by atoms with Crippen molar-refractivity contribution in [2.45, 2.75) is 33.2 Å². The zero-order valence-corrected chi connectivity index (χ0v) is 18.0. The molecule has 0 aliphatic heterocycles. The molecule has 0 spiro atoms. The van der Waals surface area contributed by atoms with E-state index in [2.05, 4.69) is 42.3 Å². The zero-order valence-electron chi connectivity index (χ0n) is 18.0. The largest absolute Gasteiger partial charge is 0.345 e. The molecule has 0 aliphatic carbocycles. The van der Waals surface area contributed by atoms with E-state index in [4.69, 9.17) is 0 Å². The number of aromatic nitrogens is 1. The quantitative estimate of drug-likeness (QED) is 0.491. The number of rotatable bonds is 5. The van der Waals surface area contributed by atoms with Gasteiger partial charge in [0.1, 0.15) is 0 Å². The van der Waals surface area contributed by atoms with E-state index in [0.717, 1.165) is 38.7 Å². The second-order valence-corrected chi connectivity index (χ2v) is 8.10. The Labute approximate surface area is 182 Å². The SMILES string of the molecule is Cc1ccc(C(NC(=O)Cc2cccc3c(C)cc(=O)[nH]c23)c2ccccc2)c(C)c1. The summed E-state index contributed by atoms with van der Waals surface area (Å²) in [7, 11) is 0. The van der Waals surface area contributed by atoms with Crippen LogP contribution in [0, 0.1) is 20.8 Å². The number of amides is 1. The number of benzene rings is 3. The number of aryl methyl sites for hydroxylation is 3. The van der Waals surface area contributed by atoms with Crippen molar-refractivity contribution in [1.29, 1.82) is 0 Å². The van der Waals surface area contributed by atoms with Gasteiger partial charge in [0.2, 0.25) is 11.5 Å². The van der Waals surface area contributed by atoms with Crippen LogP contribution in [0.25, 0.3) is 10.9 Å². The molecule has 0 bridgehead atoms. The van der Waals surface area contributed by atoms with Crippen molar-refractivity contribution < 1.29 is 4.79 Å². The molecule has 4 aromatic rings. The number of carbonyl (C=O) groups is 1. The molecule has 0 fully saturated rings. The molecule has 1 atom stereocenters. The highest BCUT2D eigenvalue weighted by Gasteiger charge is 2.19. The lowest BCUT2D eigenvalue weighted by Gasteiger charge is -2.22. The lowest BCUT2D eigenvalue weighted by molar-refractivity contribution is -0.120. The third-order valence-corrected chi connectivity index (χ3v) is 5.70. The van der Waals surface area contributed by atoms with Gasteiger partial charge in [0, 0.05) is 11.5 Å². The molecule has 1 unspecified atom stereocenters. The van der Waals surface area contributed by atoms with E-state index >= 15 is 0 Å². The van der Waals surface area contributed by atoms with Crippen molar-refractivity contribution in [3.8, 4) is 0 Å². The maximum Gasteiger partial charge on any atom is 0.248 e. The van der Waals surface area contributed by atoms with Crippen molar-refractivity contribution in [3.05, 3.63) is 117 Å². The van der Waals surface area contributed by atoms with Crippen LogP contribution in [-0.2, 0) is 11.2 Å². The number of hydrogen-bond acceptors (Lipinski definition) is 2. The molecular formula is C27H26N2O2. The molecule has 4 rings (SSSR count). The summed E-state index contributed by atoms with van der Waals surface area (Å²) in [4.78, 5) is 28.1. The van der Waals surface area contributed by atoms with Gasteiger partial charge in [-0.2, -0.15) is 0 Å². The number of hydrogen-bond donors (Lipinski definition) is 2. The summed E-state index contributed by atoms with van der Waals surface area (Å²) < 4.78 is 0. The Morgan fingerprint density at radius 1 is 0.903 bits per heavy atom. The minimum Gasteiger partial charge on any atom is -0.345 e. The van der Waals surface area contributed by atoms with Crippen LogP contribution in [0.1, 0.15) is 39.4 Å². The Kier molecular flexibility index (Phi) is 5.72. The van der Waals surface area contributed by atoms with E-state index in [1.165, 1.54) is 5.56 Å². The van der Waals surface area contributed by atoms with Crippen LogP contribution in [0.3, 0.4) is 0 Å². The fraction of sp³-hybridized carbons (Fsp3) is 0.185. The number of carbonyl (C=O) groups excluding carboxylic acids is 1. The van der Waals surface area contributed by atoms with Crippen molar-refractivity contribution >= 4 is 16.8 Å². The molecule has 4 heteroatoms. The van der Waals surface area contributed by atoms with Gasteiger partial charge in [-0.05, 0) is 48.6 Å². The van der Waals surface area contributed by atoms with Crippen molar-refractivity contribution in [1.82, 2.24) is 10.3 Å². The van der Waals surface area contributed by atoms with Gasteiger partial charge in [0.05, 0.1) is 18.0 Å². The monoisotopic (exact) mass is 410 g/mol. The molecule has 0 saturated carbocycles. The van der Waals surface area contributed by atoms with Crippen LogP contribution in [0.15, 0.2) is 77.6 Å². The smallest absolute Gasteiger partial charge is 0.248 e. The molecule has 4 nitrogen and oxygen atoms in total. The number of H-pyrrole nitrogens is 1. The molecule has 3 aromatic carbocycles. The Balaban J connectivity index is 1.68. The van der Waals surface area contributed by atoms with E-state index in [1.807, 2.05) is 55.5 Å². The summed E-state index contributed by atoms with van der Waals surface area (Å²) in [6.45, 7) is 6.05. The Morgan fingerprint density at radius 3 is 2.42 bits per heavy atom. The van der Waals surface area contributed by atoms with E-state index in [1.54, 1.807) is 6.07 Å². The number of nitrogens with one attached hydrogen (secondary N) is 2. The first kappa shape index (κ1) is 20.6. The molecule has 0 aliphatic rings. The minimum atomic E-state index is -0.245. The fourth-order valence-electron chi connectivity index (χ4n) is 4.18. The van der Waals surface area contributed by atoms with Crippen LogP contribution in [-0.4, -0.2) is 10.9 Å². The van der Waals surface area contributed by atoms with Gasteiger partial charge in [0.25, 0.3) is 0 Å². The lowest BCUT2D eigenvalue weighted by Crippen LogP contribution is -2.31. The zero-order chi connectivity index (χ0) is 22.0. The van der Waals surface area contributed by atoms with Crippen molar-refractivity contribution in [2.75, 3.05) is 0 Å². The van der Waals surface area contributed by atoms with Crippen molar-refractivity contribution in [3.63, 3.8) is 0 Å². The first-order valence-electron chi connectivity index (χ1n) is 10.5. The number of pyridine rings is 1. The third-order valence-electron chi connectivity index (χ3n) is 5.70. The van der Waals surface area contributed by atoms with Crippen molar-refractivity contribution in [2.24, 2.45) is 0 Å². The average Bonchev–Trinajstić information content (AvgIpc) is 2.74. The van der Waals surface area contributed by atoms with Crippen LogP contribution >= 0.6 is 0 Å². The molecule has 0 radical (unpaired) electrons. The molecule has 1 aromatic heterocycles. The lowest BCUT2D eigenvalue weighted by atomic mass is 9.93. The minimum absolute atomic E-state index is 0.0938. The highest BCUT2D eigenvalue weighted by Crippen LogP contribution is 2.26. The molecule has 156 valence electrons. The number of fused-ring (bicyclic) bond motifs is 1. The maximum atomic E-state index is 13.2. The van der Waals surface area contributed by atoms with Crippen LogP contribution in [0.5, 0.6) is 0 Å².